The Morgan fingerprint density at radius 2 is 1.88 bits per heavy atom. The molecule has 0 saturated heterocycles. The first kappa shape index (κ1) is 13.1. The van der Waals surface area contributed by atoms with E-state index >= 15 is 0 Å². The summed E-state index contributed by atoms with van der Waals surface area (Å²) >= 11 is 0. The Balaban J connectivity index is 0.00000128. The topological polar surface area (TPSA) is 21.7 Å². The predicted molar refractivity (Wildman–Crippen MR) is 54.1 cm³/mol. The molecule has 0 unspecified atom stereocenters. The van der Waals surface area contributed by atoms with Gasteiger partial charge in [0.05, 0.1) is 0 Å². The second-order valence-electron chi connectivity index (χ2n) is 3.70. The molecule has 0 radical (unpaired) electrons. The number of halogens is 2. The molecule has 0 saturated carbocycles. The zero-order valence-corrected chi connectivity index (χ0v) is 11.3. The highest BCUT2D eigenvalue weighted by atomic mass is 127. The Morgan fingerprint density at radius 1 is 1.25 bits per heavy atom. The van der Waals surface area contributed by atoms with Crippen molar-refractivity contribution in [3.8, 4) is 5.69 Å². The molecule has 86 valence electrons. The van der Waals surface area contributed by atoms with Crippen molar-refractivity contribution >= 4 is 0 Å². The lowest BCUT2D eigenvalue weighted by Crippen LogP contribution is -3.00. The minimum atomic E-state index is -0.226. The van der Waals surface area contributed by atoms with E-state index in [-0.39, 0.29) is 29.8 Å². The minimum absolute atomic E-state index is 0. The molecule has 0 amide bonds. The maximum absolute atomic E-state index is 12.7. The van der Waals surface area contributed by atoms with Gasteiger partial charge in [-0.1, -0.05) is 0 Å². The first-order chi connectivity index (χ1) is 7.16. The first-order valence-corrected chi connectivity index (χ1v) is 4.88. The molecule has 0 N–H and O–H groups in total. The van der Waals surface area contributed by atoms with Gasteiger partial charge in [0.25, 0.3) is 6.33 Å². The van der Waals surface area contributed by atoms with Crippen LogP contribution in [0.4, 0.5) is 4.39 Å². The summed E-state index contributed by atoms with van der Waals surface area (Å²) in [5, 5.41) is 4.20. The summed E-state index contributed by atoms with van der Waals surface area (Å²) in [5.74, 6) is -0.226. The van der Waals surface area contributed by atoms with Crippen molar-refractivity contribution in [3.63, 3.8) is 0 Å². The van der Waals surface area contributed by atoms with E-state index in [1.807, 2.05) is 15.6 Å². The summed E-state index contributed by atoms with van der Waals surface area (Å²) < 4.78 is 16.4. The van der Waals surface area contributed by atoms with Gasteiger partial charge in [-0.05, 0) is 38.1 Å². The standard InChI is InChI=1S/C11H13FN3.HI/c1-9(2)15-8-14(7-13-15)11-5-3-10(12)4-6-11;/h3-9H,1-2H3;1H/q+1;/p-1. The molecule has 0 spiro atoms. The summed E-state index contributed by atoms with van der Waals surface area (Å²) in [4.78, 5) is 0. The van der Waals surface area contributed by atoms with Crippen LogP contribution in [0.3, 0.4) is 0 Å². The number of hydrogen-bond acceptors (Lipinski definition) is 1. The van der Waals surface area contributed by atoms with Gasteiger partial charge < -0.3 is 24.0 Å². The average molecular weight is 333 g/mol. The molecule has 0 bridgehead atoms. The fourth-order valence-corrected chi connectivity index (χ4v) is 1.32. The Morgan fingerprint density at radius 3 is 2.38 bits per heavy atom. The van der Waals surface area contributed by atoms with Crippen LogP contribution >= 0.6 is 0 Å². The zero-order chi connectivity index (χ0) is 10.8. The van der Waals surface area contributed by atoms with Crippen LogP contribution < -0.4 is 28.5 Å². The van der Waals surface area contributed by atoms with Crippen LogP contribution in [-0.2, 0) is 0 Å². The van der Waals surface area contributed by atoms with E-state index in [9.17, 15) is 4.39 Å². The van der Waals surface area contributed by atoms with E-state index in [4.69, 9.17) is 0 Å². The number of benzene rings is 1. The fraction of sp³-hybridized carbons (Fsp3) is 0.273. The molecule has 16 heavy (non-hydrogen) atoms. The molecule has 0 aliphatic carbocycles. The average Bonchev–Trinajstić information content (AvgIpc) is 2.68. The van der Waals surface area contributed by atoms with Crippen LogP contribution in [0.1, 0.15) is 19.9 Å². The number of aromatic nitrogens is 3. The van der Waals surface area contributed by atoms with Gasteiger partial charge in [-0.2, -0.15) is 0 Å². The van der Waals surface area contributed by atoms with Crippen molar-refractivity contribution in [2.75, 3.05) is 0 Å². The third kappa shape index (κ3) is 2.78. The summed E-state index contributed by atoms with van der Waals surface area (Å²) in [7, 11) is 0. The Bertz CT molecular complexity index is 451. The van der Waals surface area contributed by atoms with Crippen LogP contribution in [0.5, 0.6) is 0 Å². The number of hydrogen-bond donors (Lipinski definition) is 0. The monoisotopic (exact) mass is 333 g/mol. The van der Waals surface area contributed by atoms with Crippen molar-refractivity contribution in [1.29, 1.82) is 0 Å². The van der Waals surface area contributed by atoms with Crippen LogP contribution in [-0.4, -0.2) is 9.78 Å². The van der Waals surface area contributed by atoms with E-state index in [1.54, 1.807) is 18.5 Å². The second-order valence-corrected chi connectivity index (χ2v) is 3.70. The van der Waals surface area contributed by atoms with Crippen LogP contribution in [0.25, 0.3) is 5.69 Å². The largest absolute Gasteiger partial charge is 1.00 e. The van der Waals surface area contributed by atoms with Gasteiger partial charge in [0.1, 0.15) is 17.5 Å². The van der Waals surface area contributed by atoms with Gasteiger partial charge in [0, 0.05) is 5.10 Å². The van der Waals surface area contributed by atoms with Gasteiger partial charge in [-0.25, -0.2) is 8.96 Å². The molecule has 3 nitrogen and oxygen atoms in total. The molecular weight excluding hydrogens is 320 g/mol. The molecule has 1 aromatic heterocycles. The summed E-state index contributed by atoms with van der Waals surface area (Å²) in [5.41, 5.74) is 0.906. The third-order valence-electron chi connectivity index (χ3n) is 2.21. The fourth-order valence-electron chi connectivity index (χ4n) is 1.32. The van der Waals surface area contributed by atoms with E-state index in [2.05, 4.69) is 18.9 Å². The van der Waals surface area contributed by atoms with Gasteiger partial charge >= 0.3 is 0 Å². The summed E-state index contributed by atoms with van der Waals surface area (Å²) in [6.07, 6.45) is 3.60. The molecule has 2 aromatic rings. The van der Waals surface area contributed by atoms with E-state index in [0.29, 0.717) is 6.04 Å². The van der Waals surface area contributed by atoms with Crippen molar-refractivity contribution in [3.05, 3.63) is 42.7 Å². The first-order valence-electron chi connectivity index (χ1n) is 4.88. The van der Waals surface area contributed by atoms with Crippen LogP contribution in [0, 0.1) is 5.82 Å². The number of rotatable bonds is 2. The van der Waals surface area contributed by atoms with E-state index in [0.717, 1.165) is 5.69 Å². The normalized spacial score (nSPS) is 10.2. The quantitative estimate of drug-likeness (QED) is 0.504. The molecule has 1 heterocycles. The number of nitrogens with zero attached hydrogens (tertiary/aromatic N) is 3. The van der Waals surface area contributed by atoms with Gasteiger partial charge in [-0.15, -0.1) is 4.68 Å². The van der Waals surface area contributed by atoms with Gasteiger partial charge in [-0.3, -0.25) is 0 Å². The SMILES string of the molecule is CC(C)n1c[n+](-c2ccc(F)cc2)cn1.[I-]. The highest BCUT2D eigenvalue weighted by Crippen LogP contribution is 2.03. The Hall–Kier alpha value is -0.980. The molecule has 0 fully saturated rings. The lowest BCUT2D eigenvalue weighted by molar-refractivity contribution is -0.596. The van der Waals surface area contributed by atoms with E-state index in [1.165, 1.54) is 12.1 Å². The Kier molecular flexibility index (Phi) is 4.40. The van der Waals surface area contributed by atoms with Crippen molar-refractivity contribution in [1.82, 2.24) is 9.78 Å². The predicted octanol–water partition coefficient (Wildman–Crippen LogP) is -1.12. The molecule has 2 rings (SSSR count). The molecule has 5 heteroatoms. The smallest absolute Gasteiger partial charge is 0.270 e. The minimum Gasteiger partial charge on any atom is -1.00 e. The lowest BCUT2D eigenvalue weighted by atomic mass is 10.3. The molecular formula is C11H13FIN3. The molecule has 0 atom stereocenters. The van der Waals surface area contributed by atoms with Gasteiger partial charge in [0.15, 0.2) is 0 Å². The summed E-state index contributed by atoms with van der Waals surface area (Å²) in [6, 6.07) is 6.65. The third-order valence-corrected chi connectivity index (χ3v) is 2.21. The van der Waals surface area contributed by atoms with Gasteiger partial charge in [0.2, 0.25) is 6.33 Å². The van der Waals surface area contributed by atoms with Crippen LogP contribution in [0.2, 0.25) is 0 Å². The maximum Gasteiger partial charge on any atom is 0.270 e. The summed E-state index contributed by atoms with van der Waals surface area (Å²) in [6.45, 7) is 4.12. The van der Waals surface area contributed by atoms with Crippen molar-refractivity contribution in [2.45, 2.75) is 19.9 Å². The highest BCUT2D eigenvalue weighted by Gasteiger charge is 2.10. The Labute approximate surface area is 111 Å². The molecule has 1 aromatic carbocycles. The molecule has 0 aliphatic heterocycles. The van der Waals surface area contributed by atoms with Crippen molar-refractivity contribution in [2.24, 2.45) is 0 Å². The molecule has 0 aliphatic rings. The lowest BCUT2D eigenvalue weighted by Gasteiger charge is -1.96. The van der Waals surface area contributed by atoms with Crippen molar-refractivity contribution < 1.29 is 32.9 Å². The highest BCUT2D eigenvalue weighted by molar-refractivity contribution is 5.21. The maximum atomic E-state index is 12.7. The zero-order valence-electron chi connectivity index (χ0n) is 9.14. The second kappa shape index (κ2) is 5.38. The van der Waals surface area contributed by atoms with Crippen LogP contribution in [0.15, 0.2) is 36.9 Å². The van der Waals surface area contributed by atoms with E-state index < -0.39 is 0 Å².